The Bertz CT molecular complexity index is 247. The molecule has 12 heavy (non-hydrogen) atoms. The molecule has 3 saturated carbocycles. The minimum Gasteiger partial charge on any atom is -0.371 e. The van der Waals surface area contributed by atoms with Crippen molar-refractivity contribution >= 4 is 0 Å². The van der Waals surface area contributed by atoms with Gasteiger partial charge in [-0.1, -0.05) is 0 Å². The second kappa shape index (κ2) is 1.61. The molecule has 0 amide bonds. The molecule has 1 heteroatoms. The molecule has 1 saturated heterocycles. The van der Waals surface area contributed by atoms with Gasteiger partial charge in [-0.15, -0.1) is 0 Å². The maximum absolute atomic E-state index is 6.08. The summed E-state index contributed by atoms with van der Waals surface area (Å²) in [5, 5.41) is 0. The fraction of sp³-hybridized carbons (Fsp3) is 1.00. The Morgan fingerprint density at radius 3 is 3.00 bits per heavy atom. The van der Waals surface area contributed by atoms with E-state index in [0.717, 1.165) is 23.7 Å². The van der Waals surface area contributed by atoms with Crippen molar-refractivity contribution in [3.05, 3.63) is 0 Å². The van der Waals surface area contributed by atoms with Gasteiger partial charge >= 0.3 is 0 Å². The molecule has 66 valence electrons. The molecule has 0 aromatic carbocycles. The maximum Gasteiger partial charge on any atom is 0.0742 e. The van der Waals surface area contributed by atoms with E-state index in [-0.39, 0.29) is 0 Å². The van der Waals surface area contributed by atoms with Gasteiger partial charge in [0.05, 0.1) is 11.7 Å². The van der Waals surface area contributed by atoms with Gasteiger partial charge in [-0.2, -0.15) is 0 Å². The molecule has 4 rings (SSSR count). The van der Waals surface area contributed by atoms with Crippen LogP contribution in [0.15, 0.2) is 0 Å². The molecule has 0 spiro atoms. The van der Waals surface area contributed by atoms with Crippen molar-refractivity contribution in [2.24, 2.45) is 23.7 Å². The molecule has 0 N–H and O–H groups in total. The zero-order chi connectivity index (χ0) is 7.92. The topological polar surface area (TPSA) is 9.23 Å². The summed E-state index contributed by atoms with van der Waals surface area (Å²) in [5.74, 6) is 4.01. The quantitative estimate of drug-likeness (QED) is 0.533. The summed E-state index contributed by atoms with van der Waals surface area (Å²) in [6.45, 7) is 2.38. The van der Waals surface area contributed by atoms with E-state index in [9.17, 15) is 0 Å². The number of fused-ring (bicyclic) bond motifs is 3. The third-order valence-electron chi connectivity index (χ3n) is 5.19. The van der Waals surface area contributed by atoms with E-state index < -0.39 is 0 Å². The van der Waals surface area contributed by atoms with Crippen LogP contribution in [-0.4, -0.2) is 11.7 Å². The SMILES string of the molecule is C[C@]12O[C@@H]3C[C@H]4C[C@H](C[C@@H]1C4)[C@@H]32. The summed E-state index contributed by atoms with van der Waals surface area (Å²) in [5.41, 5.74) is 0.348. The zero-order valence-corrected chi connectivity index (χ0v) is 7.62. The molecule has 4 aliphatic rings. The van der Waals surface area contributed by atoms with Gasteiger partial charge in [0.25, 0.3) is 0 Å². The van der Waals surface area contributed by atoms with Crippen LogP contribution in [0.25, 0.3) is 0 Å². The van der Waals surface area contributed by atoms with E-state index in [4.69, 9.17) is 4.74 Å². The Kier molecular flexibility index (Phi) is 0.863. The largest absolute Gasteiger partial charge is 0.371 e. The standard InChI is InChI=1S/C11H16O/c1-11-8-3-6-2-7(5-8)10(11)9(4-6)12-11/h6-10H,2-5H2,1H3/t6-,7+,8-,9+,10-,11-/m0/s1. The van der Waals surface area contributed by atoms with Gasteiger partial charge in [-0.25, -0.2) is 0 Å². The van der Waals surface area contributed by atoms with Crippen molar-refractivity contribution in [1.82, 2.24) is 0 Å². The maximum atomic E-state index is 6.08. The highest BCUT2D eigenvalue weighted by Gasteiger charge is 2.68. The van der Waals surface area contributed by atoms with E-state index in [0.29, 0.717) is 11.7 Å². The van der Waals surface area contributed by atoms with Gasteiger partial charge in [0.15, 0.2) is 0 Å². The van der Waals surface area contributed by atoms with Crippen LogP contribution in [0.5, 0.6) is 0 Å². The van der Waals surface area contributed by atoms with Crippen LogP contribution in [0, 0.1) is 23.7 Å². The highest BCUT2D eigenvalue weighted by atomic mass is 16.5. The Balaban J connectivity index is 1.88. The van der Waals surface area contributed by atoms with E-state index in [2.05, 4.69) is 6.92 Å². The monoisotopic (exact) mass is 164 g/mol. The average Bonchev–Trinajstić information content (AvgIpc) is 2.11. The third-order valence-corrected chi connectivity index (χ3v) is 5.19. The Labute approximate surface area is 73.5 Å². The second-order valence-corrected chi connectivity index (χ2v) is 5.63. The molecule has 1 aliphatic heterocycles. The first kappa shape index (κ1) is 6.42. The van der Waals surface area contributed by atoms with E-state index in [1.54, 1.807) is 0 Å². The van der Waals surface area contributed by atoms with E-state index >= 15 is 0 Å². The van der Waals surface area contributed by atoms with Crippen LogP contribution in [0.3, 0.4) is 0 Å². The highest BCUT2D eigenvalue weighted by molar-refractivity contribution is 5.17. The molecule has 0 aromatic heterocycles. The Hall–Kier alpha value is -0.0400. The number of rotatable bonds is 0. The van der Waals surface area contributed by atoms with Crippen molar-refractivity contribution in [3.63, 3.8) is 0 Å². The van der Waals surface area contributed by atoms with Crippen LogP contribution < -0.4 is 0 Å². The summed E-state index contributed by atoms with van der Waals surface area (Å²) >= 11 is 0. The summed E-state index contributed by atoms with van der Waals surface area (Å²) < 4.78 is 6.08. The van der Waals surface area contributed by atoms with Crippen LogP contribution in [0.4, 0.5) is 0 Å². The van der Waals surface area contributed by atoms with E-state index in [1.807, 2.05) is 0 Å². The molecule has 1 heterocycles. The summed E-state index contributed by atoms with van der Waals surface area (Å²) in [4.78, 5) is 0. The lowest BCUT2D eigenvalue weighted by molar-refractivity contribution is -0.261. The molecule has 0 radical (unpaired) electrons. The lowest BCUT2D eigenvalue weighted by Gasteiger charge is -2.53. The van der Waals surface area contributed by atoms with Crippen molar-refractivity contribution in [3.8, 4) is 0 Å². The number of hydrogen-bond acceptors (Lipinski definition) is 1. The first-order chi connectivity index (χ1) is 5.77. The number of ether oxygens (including phenoxy) is 1. The predicted octanol–water partition coefficient (Wildman–Crippen LogP) is 2.21. The first-order valence-corrected chi connectivity index (χ1v) is 5.45. The Morgan fingerprint density at radius 2 is 2.08 bits per heavy atom. The summed E-state index contributed by atoms with van der Waals surface area (Å²) in [7, 11) is 0. The van der Waals surface area contributed by atoms with E-state index in [1.165, 1.54) is 25.7 Å². The molecule has 6 atom stereocenters. The first-order valence-electron chi connectivity index (χ1n) is 5.45. The van der Waals surface area contributed by atoms with Gasteiger partial charge in [0.1, 0.15) is 0 Å². The van der Waals surface area contributed by atoms with Gasteiger partial charge in [0, 0.05) is 5.92 Å². The number of hydrogen-bond donors (Lipinski definition) is 0. The lowest BCUT2D eigenvalue weighted by atomic mass is 9.68. The predicted molar refractivity (Wildman–Crippen MR) is 45.7 cm³/mol. The van der Waals surface area contributed by atoms with Crippen molar-refractivity contribution in [2.75, 3.05) is 0 Å². The van der Waals surface area contributed by atoms with Gasteiger partial charge in [-0.3, -0.25) is 0 Å². The average molecular weight is 164 g/mol. The highest BCUT2D eigenvalue weighted by Crippen LogP contribution is 2.67. The molecule has 3 aliphatic carbocycles. The van der Waals surface area contributed by atoms with Crippen LogP contribution in [-0.2, 0) is 4.74 Å². The Morgan fingerprint density at radius 1 is 1.17 bits per heavy atom. The van der Waals surface area contributed by atoms with Crippen molar-refractivity contribution < 1.29 is 4.74 Å². The summed E-state index contributed by atoms with van der Waals surface area (Å²) in [6.07, 6.45) is 6.60. The fourth-order valence-electron chi connectivity index (χ4n) is 4.88. The lowest BCUT2D eigenvalue weighted by Crippen LogP contribution is -2.59. The molecule has 1 nitrogen and oxygen atoms in total. The zero-order valence-electron chi connectivity index (χ0n) is 7.62. The molecule has 0 unspecified atom stereocenters. The third kappa shape index (κ3) is 0.477. The smallest absolute Gasteiger partial charge is 0.0742 e. The molecule has 0 aromatic rings. The van der Waals surface area contributed by atoms with Gasteiger partial charge in [0.2, 0.25) is 0 Å². The minimum absolute atomic E-state index is 0.348. The minimum atomic E-state index is 0.348. The van der Waals surface area contributed by atoms with Gasteiger partial charge < -0.3 is 4.74 Å². The van der Waals surface area contributed by atoms with Crippen molar-refractivity contribution in [1.29, 1.82) is 0 Å². The van der Waals surface area contributed by atoms with Crippen molar-refractivity contribution in [2.45, 2.75) is 44.3 Å². The van der Waals surface area contributed by atoms with Crippen LogP contribution in [0.1, 0.15) is 32.6 Å². The van der Waals surface area contributed by atoms with Crippen LogP contribution >= 0.6 is 0 Å². The fourth-order valence-corrected chi connectivity index (χ4v) is 4.88. The molecule has 4 fully saturated rings. The summed E-state index contributed by atoms with van der Waals surface area (Å²) in [6, 6.07) is 0. The normalized spacial score (nSPS) is 71.2. The van der Waals surface area contributed by atoms with Gasteiger partial charge in [-0.05, 0) is 50.4 Å². The molecular formula is C11H16O. The second-order valence-electron chi connectivity index (χ2n) is 5.63. The molecule has 3 bridgehead atoms. The molecular weight excluding hydrogens is 148 g/mol. The van der Waals surface area contributed by atoms with Crippen LogP contribution in [0.2, 0.25) is 0 Å².